The highest BCUT2D eigenvalue weighted by molar-refractivity contribution is 5.20. The van der Waals surface area contributed by atoms with E-state index in [9.17, 15) is 0 Å². The van der Waals surface area contributed by atoms with Crippen LogP contribution in [-0.2, 0) is 4.74 Å². The topological polar surface area (TPSA) is 21.3 Å². The normalized spacial score (nSPS) is 27.4. The fourth-order valence-corrected chi connectivity index (χ4v) is 4.23. The van der Waals surface area contributed by atoms with Crippen molar-refractivity contribution in [2.75, 3.05) is 13.7 Å². The minimum Gasteiger partial charge on any atom is -0.375 e. The molecule has 0 radical (unpaired) electrons. The van der Waals surface area contributed by atoms with Crippen molar-refractivity contribution in [3.05, 3.63) is 35.9 Å². The number of rotatable bonds is 3. The van der Waals surface area contributed by atoms with Gasteiger partial charge in [-0.25, -0.2) is 0 Å². The molecule has 1 saturated carbocycles. The first-order valence-corrected chi connectivity index (χ1v) is 8.19. The van der Waals surface area contributed by atoms with Gasteiger partial charge in [0.25, 0.3) is 0 Å². The molecule has 2 unspecified atom stereocenters. The van der Waals surface area contributed by atoms with Crippen LogP contribution in [0, 0.1) is 5.92 Å². The van der Waals surface area contributed by atoms with E-state index in [1.54, 1.807) is 0 Å². The zero-order valence-corrected chi connectivity index (χ0v) is 12.6. The zero-order valence-electron chi connectivity index (χ0n) is 12.6. The number of hydrogen-bond donors (Lipinski definition) is 1. The van der Waals surface area contributed by atoms with Crippen molar-refractivity contribution in [1.82, 2.24) is 5.32 Å². The number of nitrogens with one attached hydrogen (secondary N) is 1. The van der Waals surface area contributed by atoms with Gasteiger partial charge in [0.05, 0.1) is 5.60 Å². The first kappa shape index (κ1) is 14.1. The number of ether oxygens (including phenoxy) is 1. The van der Waals surface area contributed by atoms with E-state index in [2.05, 4.69) is 42.7 Å². The van der Waals surface area contributed by atoms with Gasteiger partial charge in [-0.2, -0.15) is 0 Å². The molecule has 1 aliphatic carbocycles. The van der Waals surface area contributed by atoms with Crippen LogP contribution in [0.25, 0.3) is 0 Å². The second kappa shape index (κ2) is 6.28. The van der Waals surface area contributed by atoms with Crippen LogP contribution < -0.4 is 5.32 Å². The third-order valence-corrected chi connectivity index (χ3v) is 5.24. The molecule has 1 spiro atoms. The van der Waals surface area contributed by atoms with Gasteiger partial charge in [-0.3, -0.25) is 0 Å². The highest BCUT2D eigenvalue weighted by atomic mass is 16.5. The first-order valence-electron chi connectivity index (χ1n) is 8.19. The molecule has 2 aliphatic rings. The van der Waals surface area contributed by atoms with Crippen LogP contribution >= 0.6 is 0 Å². The van der Waals surface area contributed by atoms with Crippen LogP contribution in [0.1, 0.15) is 56.6 Å². The van der Waals surface area contributed by atoms with E-state index in [1.165, 1.54) is 50.5 Å². The van der Waals surface area contributed by atoms with Crippen molar-refractivity contribution in [3.8, 4) is 0 Å². The van der Waals surface area contributed by atoms with Crippen LogP contribution in [-0.4, -0.2) is 19.3 Å². The van der Waals surface area contributed by atoms with Gasteiger partial charge in [-0.05, 0) is 44.2 Å². The molecule has 2 heteroatoms. The first-order chi connectivity index (χ1) is 9.83. The number of benzene rings is 1. The molecule has 1 aliphatic heterocycles. The maximum atomic E-state index is 6.24. The van der Waals surface area contributed by atoms with Crippen LogP contribution in [0.5, 0.6) is 0 Å². The van der Waals surface area contributed by atoms with Gasteiger partial charge in [0.15, 0.2) is 0 Å². The predicted octanol–water partition coefficient (Wildman–Crippen LogP) is 4.08. The lowest BCUT2D eigenvalue weighted by atomic mass is 9.73. The largest absolute Gasteiger partial charge is 0.375 e. The molecular weight excluding hydrogens is 246 g/mol. The Hall–Kier alpha value is -0.860. The molecule has 20 heavy (non-hydrogen) atoms. The monoisotopic (exact) mass is 273 g/mol. The van der Waals surface area contributed by atoms with E-state index in [0.717, 1.165) is 6.61 Å². The average Bonchev–Trinajstić information content (AvgIpc) is 2.50. The summed E-state index contributed by atoms with van der Waals surface area (Å²) in [5.41, 5.74) is 1.62. The predicted molar refractivity (Wildman–Crippen MR) is 82.7 cm³/mol. The molecule has 2 fully saturated rings. The van der Waals surface area contributed by atoms with Crippen molar-refractivity contribution < 1.29 is 4.74 Å². The highest BCUT2D eigenvalue weighted by Crippen LogP contribution is 2.44. The van der Waals surface area contributed by atoms with Crippen LogP contribution in [0.2, 0.25) is 0 Å². The van der Waals surface area contributed by atoms with E-state index in [-0.39, 0.29) is 5.60 Å². The Morgan fingerprint density at radius 1 is 1.15 bits per heavy atom. The van der Waals surface area contributed by atoms with E-state index < -0.39 is 0 Å². The summed E-state index contributed by atoms with van der Waals surface area (Å²) < 4.78 is 6.24. The second-order valence-electron chi connectivity index (χ2n) is 6.52. The molecule has 0 aromatic heterocycles. The average molecular weight is 273 g/mol. The Morgan fingerprint density at radius 2 is 1.90 bits per heavy atom. The SMILES string of the molecule is CNC(c1ccccc1)C1CCOC2(CCCCC2)C1. The Bertz CT molecular complexity index is 405. The number of hydrogen-bond acceptors (Lipinski definition) is 2. The Labute approximate surface area is 122 Å². The van der Waals surface area contributed by atoms with Crippen LogP contribution in [0.3, 0.4) is 0 Å². The molecule has 1 saturated heterocycles. The van der Waals surface area contributed by atoms with E-state index in [4.69, 9.17) is 4.74 Å². The van der Waals surface area contributed by atoms with Gasteiger partial charge < -0.3 is 10.1 Å². The van der Waals surface area contributed by atoms with Crippen molar-refractivity contribution in [2.24, 2.45) is 5.92 Å². The molecule has 0 amide bonds. The van der Waals surface area contributed by atoms with Gasteiger partial charge in [-0.1, -0.05) is 49.6 Å². The summed E-state index contributed by atoms with van der Waals surface area (Å²) >= 11 is 0. The summed E-state index contributed by atoms with van der Waals surface area (Å²) in [4.78, 5) is 0. The Kier molecular flexibility index (Phi) is 4.42. The molecule has 2 atom stereocenters. The maximum absolute atomic E-state index is 6.24. The van der Waals surface area contributed by atoms with Gasteiger partial charge >= 0.3 is 0 Å². The van der Waals surface area contributed by atoms with Crippen LogP contribution in [0.15, 0.2) is 30.3 Å². The van der Waals surface area contributed by atoms with Crippen molar-refractivity contribution in [3.63, 3.8) is 0 Å². The molecule has 3 rings (SSSR count). The van der Waals surface area contributed by atoms with E-state index >= 15 is 0 Å². The summed E-state index contributed by atoms with van der Waals surface area (Å²) in [6, 6.07) is 11.4. The van der Waals surface area contributed by atoms with Crippen molar-refractivity contribution in [1.29, 1.82) is 0 Å². The zero-order chi connectivity index (χ0) is 13.8. The van der Waals surface area contributed by atoms with Gasteiger partial charge in [-0.15, -0.1) is 0 Å². The maximum Gasteiger partial charge on any atom is 0.0686 e. The van der Waals surface area contributed by atoms with E-state index in [0.29, 0.717) is 12.0 Å². The fourth-order valence-electron chi connectivity index (χ4n) is 4.23. The van der Waals surface area contributed by atoms with Gasteiger partial charge in [0.2, 0.25) is 0 Å². The molecule has 0 bridgehead atoms. The molecule has 1 aromatic carbocycles. The standard InChI is InChI=1S/C18H27NO/c1-19-17(15-8-4-2-5-9-15)16-10-13-20-18(14-16)11-6-3-7-12-18/h2,4-5,8-9,16-17,19H,3,6-7,10-14H2,1H3. The van der Waals surface area contributed by atoms with Crippen molar-refractivity contribution in [2.45, 2.75) is 56.6 Å². The quantitative estimate of drug-likeness (QED) is 0.896. The lowest BCUT2D eigenvalue weighted by Gasteiger charge is -2.45. The molecule has 1 aromatic rings. The minimum absolute atomic E-state index is 0.199. The van der Waals surface area contributed by atoms with Crippen molar-refractivity contribution >= 4 is 0 Å². The Balaban J connectivity index is 1.75. The lowest BCUT2D eigenvalue weighted by Crippen LogP contribution is -2.44. The second-order valence-corrected chi connectivity index (χ2v) is 6.52. The summed E-state index contributed by atoms with van der Waals surface area (Å²) in [7, 11) is 2.10. The molecule has 110 valence electrons. The third kappa shape index (κ3) is 2.91. The summed E-state index contributed by atoms with van der Waals surface area (Å²) in [5, 5.41) is 3.55. The molecular formula is C18H27NO. The third-order valence-electron chi connectivity index (χ3n) is 5.24. The summed E-state index contributed by atoms with van der Waals surface area (Å²) in [5.74, 6) is 0.703. The smallest absolute Gasteiger partial charge is 0.0686 e. The molecule has 1 N–H and O–H groups in total. The fraction of sp³-hybridized carbons (Fsp3) is 0.667. The summed E-state index contributed by atoms with van der Waals surface area (Å²) in [6.07, 6.45) is 9.05. The van der Waals surface area contributed by atoms with Gasteiger partial charge in [0, 0.05) is 12.6 Å². The van der Waals surface area contributed by atoms with E-state index in [1.807, 2.05) is 0 Å². The Morgan fingerprint density at radius 3 is 2.60 bits per heavy atom. The van der Waals surface area contributed by atoms with Crippen LogP contribution in [0.4, 0.5) is 0 Å². The molecule has 2 nitrogen and oxygen atoms in total. The summed E-state index contributed by atoms with van der Waals surface area (Å²) in [6.45, 7) is 0.940. The molecule has 1 heterocycles. The highest BCUT2D eigenvalue weighted by Gasteiger charge is 2.40. The lowest BCUT2D eigenvalue weighted by molar-refractivity contribution is -0.121. The minimum atomic E-state index is 0.199. The van der Waals surface area contributed by atoms with Gasteiger partial charge in [0.1, 0.15) is 0 Å².